The molecule has 3 nitrogen and oxygen atoms in total. The Balaban J connectivity index is 1.91. The molecule has 1 amide bonds. The molecule has 1 atom stereocenters. The second-order valence-electron chi connectivity index (χ2n) is 6.35. The van der Waals surface area contributed by atoms with E-state index in [2.05, 4.69) is 0 Å². The molecule has 0 aromatic heterocycles. The van der Waals surface area contributed by atoms with Gasteiger partial charge in [0.2, 0.25) is 0 Å². The first-order chi connectivity index (χ1) is 13.1. The van der Waals surface area contributed by atoms with Crippen molar-refractivity contribution in [1.82, 2.24) is 0 Å². The maximum atomic E-state index is 13.6. The van der Waals surface area contributed by atoms with E-state index in [0.717, 1.165) is 16.3 Å². The number of hydrogen-bond donors (Lipinski definition) is 0. The van der Waals surface area contributed by atoms with Gasteiger partial charge in [-0.05, 0) is 43.3 Å². The van der Waals surface area contributed by atoms with Crippen LogP contribution in [-0.2, 0) is 9.53 Å². The van der Waals surface area contributed by atoms with Crippen LogP contribution >= 0.6 is 11.8 Å². The summed E-state index contributed by atoms with van der Waals surface area (Å²) in [5.74, 6) is 0.425. The van der Waals surface area contributed by atoms with Crippen LogP contribution < -0.4 is 4.90 Å². The predicted octanol–water partition coefficient (Wildman–Crippen LogP) is 5.55. The van der Waals surface area contributed by atoms with Crippen LogP contribution in [0.3, 0.4) is 0 Å². The molecular weight excluding hydrogens is 354 g/mol. The number of para-hydroxylation sites is 2. The van der Waals surface area contributed by atoms with Crippen LogP contribution in [0.2, 0.25) is 0 Å². The second kappa shape index (κ2) is 8.89. The van der Waals surface area contributed by atoms with Crippen molar-refractivity contribution < 1.29 is 9.53 Å². The number of carbonyl (C=O) groups is 1. The van der Waals surface area contributed by atoms with Crippen LogP contribution in [0, 0.1) is 0 Å². The lowest BCUT2D eigenvalue weighted by Crippen LogP contribution is -2.48. The number of thioether (sulfide) groups is 1. The van der Waals surface area contributed by atoms with Gasteiger partial charge in [-0.3, -0.25) is 9.69 Å². The van der Waals surface area contributed by atoms with Gasteiger partial charge in [0.25, 0.3) is 5.91 Å². The third-order valence-corrected chi connectivity index (χ3v) is 5.69. The van der Waals surface area contributed by atoms with Crippen LogP contribution in [-0.4, -0.2) is 24.4 Å². The second-order valence-corrected chi connectivity index (χ2v) is 7.40. The first-order valence-corrected chi connectivity index (χ1v) is 9.80. The first-order valence-electron chi connectivity index (χ1n) is 8.82. The molecule has 4 heteroatoms. The Kier molecular flexibility index (Phi) is 6.32. The number of rotatable bonds is 7. The first kappa shape index (κ1) is 19.2. The van der Waals surface area contributed by atoms with E-state index < -0.39 is 5.60 Å². The summed E-state index contributed by atoms with van der Waals surface area (Å²) < 4.78 is 5.73. The summed E-state index contributed by atoms with van der Waals surface area (Å²) in [7, 11) is 1.59. The number of anilines is 2. The van der Waals surface area contributed by atoms with Gasteiger partial charge in [-0.25, -0.2) is 0 Å². The summed E-state index contributed by atoms with van der Waals surface area (Å²) in [6.07, 6.45) is 0. The average Bonchev–Trinajstić information content (AvgIpc) is 2.74. The smallest absolute Gasteiger partial charge is 0.264 e. The van der Waals surface area contributed by atoms with Crippen molar-refractivity contribution in [3.8, 4) is 0 Å². The zero-order chi connectivity index (χ0) is 19.1. The third kappa shape index (κ3) is 4.59. The molecular formula is C23H23NO2S. The lowest BCUT2D eigenvalue weighted by molar-refractivity contribution is -0.135. The minimum atomic E-state index is -0.966. The molecule has 0 saturated carbocycles. The average molecular weight is 378 g/mol. The molecule has 27 heavy (non-hydrogen) atoms. The van der Waals surface area contributed by atoms with E-state index in [1.54, 1.807) is 23.8 Å². The van der Waals surface area contributed by atoms with Gasteiger partial charge in [-0.2, -0.15) is 0 Å². The van der Waals surface area contributed by atoms with E-state index in [9.17, 15) is 4.79 Å². The van der Waals surface area contributed by atoms with Gasteiger partial charge in [0.15, 0.2) is 5.60 Å². The van der Waals surface area contributed by atoms with Crippen molar-refractivity contribution in [3.63, 3.8) is 0 Å². The van der Waals surface area contributed by atoms with Gasteiger partial charge < -0.3 is 4.74 Å². The Hall–Kier alpha value is -2.56. The van der Waals surface area contributed by atoms with Crippen molar-refractivity contribution >= 4 is 29.0 Å². The molecule has 0 saturated heterocycles. The van der Waals surface area contributed by atoms with Gasteiger partial charge in [-0.1, -0.05) is 54.6 Å². The summed E-state index contributed by atoms with van der Waals surface area (Å²) in [6.45, 7) is 1.85. The summed E-state index contributed by atoms with van der Waals surface area (Å²) in [4.78, 5) is 16.4. The van der Waals surface area contributed by atoms with Gasteiger partial charge >= 0.3 is 0 Å². The molecule has 0 N–H and O–H groups in total. The number of hydrogen-bond acceptors (Lipinski definition) is 3. The number of nitrogens with zero attached hydrogens (tertiary/aromatic N) is 1. The topological polar surface area (TPSA) is 29.5 Å². The molecule has 138 valence electrons. The molecule has 0 radical (unpaired) electrons. The van der Waals surface area contributed by atoms with E-state index >= 15 is 0 Å². The zero-order valence-electron chi connectivity index (χ0n) is 15.5. The molecule has 3 aromatic rings. The summed E-state index contributed by atoms with van der Waals surface area (Å²) in [5.41, 5.74) is 0.676. The zero-order valence-corrected chi connectivity index (χ0v) is 16.4. The molecule has 0 spiro atoms. The normalized spacial score (nSPS) is 13.0. The van der Waals surface area contributed by atoms with Gasteiger partial charge in [0.05, 0.1) is 0 Å². The number of amides is 1. The predicted molar refractivity (Wildman–Crippen MR) is 113 cm³/mol. The van der Waals surface area contributed by atoms with E-state index in [0.29, 0.717) is 5.75 Å². The maximum absolute atomic E-state index is 13.6. The monoisotopic (exact) mass is 377 g/mol. The Bertz CT molecular complexity index is 816. The van der Waals surface area contributed by atoms with Crippen molar-refractivity contribution in [2.45, 2.75) is 17.4 Å². The summed E-state index contributed by atoms with van der Waals surface area (Å²) in [6, 6.07) is 29.4. The molecule has 0 bridgehead atoms. The fourth-order valence-electron chi connectivity index (χ4n) is 2.72. The lowest BCUT2D eigenvalue weighted by Gasteiger charge is -2.33. The highest BCUT2D eigenvalue weighted by atomic mass is 32.2. The van der Waals surface area contributed by atoms with E-state index in [4.69, 9.17) is 4.74 Å². The van der Waals surface area contributed by atoms with Crippen molar-refractivity contribution in [3.05, 3.63) is 91.0 Å². The molecule has 0 heterocycles. The molecule has 1 unspecified atom stereocenters. The van der Waals surface area contributed by atoms with Crippen LogP contribution in [0.4, 0.5) is 11.4 Å². The Morgan fingerprint density at radius 2 is 1.30 bits per heavy atom. The van der Waals surface area contributed by atoms with Gasteiger partial charge in [0.1, 0.15) is 0 Å². The van der Waals surface area contributed by atoms with Crippen LogP contribution in [0.25, 0.3) is 0 Å². The number of benzene rings is 3. The number of ether oxygens (including phenoxy) is 1. The Morgan fingerprint density at radius 1 is 0.852 bits per heavy atom. The van der Waals surface area contributed by atoms with Crippen LogP contribution in [0.5, 0.6) is 0 Å². The highest BCUT2D eigenvalue weighted by molar-refractivity contribution is 7.99. The fraction of sp³-hybridized carbons (Fsp3) is 0.174. The van der Waals surface area contributed by atoms with E-state index in [1.807, 2.05) is 97.9 Å². The van der Waals surface area contributed by atoms with E-state index in [1.165, 1.54) is 0 Å². The van der Waals surface area contributed by atoms with Gasteiger partial charge in [0, 0.05) is 29.1 Å². The highest BCUT2D eigenvalue weighted by Crippen LogP contribution is 2.32. The number of carbonyl (C=O) groups excluding carboxylic acids is 1. The summed E-state index contributed by atoms with van der Waals surface area (Å²) in [5, 5.41) is 0. The number of methoxy groups -OCH3 is 1. The molecule has 0 aliphatic heterocycles. The minimum absolute atomic E-state index is 0.0918. The largest absolute Gasteiger partial charge is 0.368 e. The fourth-order valence-corrected chi connectivity index (χ4v) is 3.75. The molecule has 3 aromatic carbocycles. The molecule has 3 rings (SSSR count). The van der Waals surface area contributed by atoms with E-state index in [-0.39, 0.29) is 5.91 Å². The van der Waals surface area contributed by atoms with Crippen LogP contribution in [0.15, 0.2) is 95.9 Å². The van der Waals surface area contributed by atoms with Crippen LogP contribution in [0.1, 0.15) is 6.92 Å². The Morgan fingerprint density at radius 3 is 1.74 bits per heavy atom. The highest BCUT2D eigenvalue weighted by Gasteiger charge is 2.38. The molecule has 0 aliphatic rings. The van der Waals surface area contributed by atoms with Gasteiger partial charge in [-0.15, -0.1) is 11.8 Å². The standard InChI is InChI=1S/C23H23NO2S/c1-23(26-2,18-27-21-16-10-5-11-17-21)22(25)24(19-12-6-3-7-13-19)20-14-8-4-9-15-20/h3-17H,18H2,1-2H3. The Labute approximate surface area is 165 Å². The minimum Gasteiger partial charge on any atom is -0.368 e. The SMILES string of the molecule is COC(C)(CSc1ccccc1)C(=O)N(c1ccccc1)c1ccccc1. The third-order valence-electron chi connectivity index (χ3n) is 4.39. The van der Waals surface area contributed by atoms with Crippen molar-refractivity contribution in [2.24, 2.45) is 0 Å². The summed E-state index contributed by atoms with van der Waals surface area (Å²) >= 11 is 1.62. The molecule has 0 fully saturated rings. The maximum Gasteiger partial charge on any atom is 0.264 e. The quantitative estimate of drug-likeness (QED) is 0.506. The molecule has 0 aliphatic carbocycles. The lowest BCUT2D eigenvalue weighted by atomic mass is 10.1. The van der Waals surface area contributed by atoms with Crippen molar-refractivity contribution in [2.75, 3.05) is 17.8 Å². The van der Waals surface area contributed by atoms with Crippen molar-refractivity contribution in [1.29, 1.82) is 0 Å².